The number of carbonyl (C=O) groups excluding carboxylic acids is 1. The summed E-state index contributed by atoms with van der Waals surface area (Å²) in [4.78, 5) is 19.4. The van der Waals surface area contributed by atoms with Crippen molar-refractivity contribution in [3.05, 3.63) is 53.8 Å². The van der Waals surface area contributed by atoms with E-state index in [1.54, 1.807) is 18.2 Å². The number of hydrogen-bond acceptors (Lipinski definition) is 6. The molecule has 0 bridgehead atoms. The summed E-state index contributed by atoms with van der Waals surface area (Å²) in [6, 6.07) is 12.5. The summed E-state index contributed by atoms with van der Waals surface area (Å²) >= 11 is 0. The van der Waals surface area contributed by atoms with Gasteiger partial charge < -0.3 is 9.64 Å². The number of ether oxygens (including phenoxy) is 1. The molecule has 8 heteroatoms. The highest BCUT2D eigenvalue weighted by molar-refractivity contribution is 5.94. The first-order chi connectivity index (χ1) is 15.6. The van der Waals surface area contributed by atoms with Gasteiger partial charge in [0.1, 0.15) is 5.82 Å². The van der Waals surface area contributed by atoms with Crippen LogP contribution in [0.15, 0.2) is 42.5 Å². The molecule has 4 aromatic rings. The lowest BCUT2D eigenvalue weighted by molar-refractivity contribution is -0.148. The molecule has 0 spiro atoms. The fraction of sp³-hybridized carbons (Fsp3) is 0.333. The minimum absolute atomic E-state index is 0.192. The maximum absolute atomic E-state index is 14.7. The van der Waals surface area contributed by atoms with Gasteiger partial charge in [-0.1, -0.05) is 23.8 Å². The first kappa shape index (κ1) is 20.4. The van der Waals surface area contributed by atoms with Gasteiger partial charge in [0.25, 0.3) is 0 Å². The number of aryl methyl sites for hydroxylation is 1. The molecule has 0 saturated carbocycles. The van der Waals surface area contributed by atoms with Crippen molar-refractivity contribution in [3.8, 4) is 11.4 Å². The summed E-state index contributed by atoms with van der Waals surface area (Å²) in [7, 11) is 0. The number of rotatable bonds is 4. The molecule has 1 fully saturated rings. The van der Waals surface area contributed by atoms with Crippen molar-refractivity contribution in [1.29, 1.82) is 0 Å². The molecule has 3 heterocycles. The van der Waals surface area contributed by atoms with Gasteiger partial charge in [-0.3, -0.25) is 4.79 Å². The lowest BCUT2D eigenvalue weighted by atomic mass is 9.98. The van der Waals surface area contributed by atoms with Gasteiger partial charge in [-0.25, -0.2) is 13.8 Å². The molecule has 5 rings (SSSR count). The standard InChI is InChI=1S/C24H24FN5O2/c1-3-32-23(31)16-7-6-12-29(14-16)24-26-20-11-10-15(2)13-18(20)22-28-27-21(30(22)24)17-8-4-5-9-19(17)25/h4-5,8-11,13,16H,3,6-7,12,14H2,1-2H3. The van der Waals surface area contributed by atoms with E-state index in [0.717, 1.165) is 35.9 Å². The molecule has 0 radical (unpaired) electrons. The summed E-state index contributed by atoms with van der Waals surface area (Å²) < 4.78 is 21.8. The van der Waals surface area contributed by atoms with Gasteiger partial charge in [0.15, 0.2) is 11.5 Å². The van der Waals surface area contributed by atoms with Crippen LogP contribution in [0, 0.1) is 18.7 Å². The Hall–Kier alpha value is -3.55. The molecule has 7 nitrogen and oxygen atoms in total. The van der Waals surface area contributed by atoms with E-state index in [9.17, 15) is 9.18 Å². The monoisotopic (exact) mass is 433 g/mol. The van der Waals surface area contributed by atoms with E-state index >= 15 is 0 Å². The van der Waals surface area contributed by atoms with Crippen LogP contribution < -0.4 is 4.90 Å². The van der Waals surface area contributed by atoms with Crippen molar-refractivity contribution in [2.45, 2.75) is 26.7 Å². The second-order valence-electron chi connectivity index (χ2n) is 8.13. The number of anilines is 1. The van der Waals surface area contributed by atoms with E-state index in [1.165, 1.54) is 6.07 Å². The van der Waals surface area contributed by atoms with E-state index in [-0.39, 0.29) is 17.7 Å². The van der Waals surface area contributed by atoms with Gasteiger partial charge >= 0.3 is 5.97 Å². The van der Waals surface area contributed by atoms with Crippen LogP contribution in [0.5, 0.6) is 0 Å². The highest BCUT2D eigenvalue weighted by atomic mass is 19.1. The average Bonchev–Trinajstić information content (AvgIpc) is 3.24. The Morgan fingerprint density at radius 2 is 2.06 bits per heavy atom. The average molecular weight is 433 g/mol. The van der Waals surface area contributed by atoms with E-state index in [2.05, 4.69) is 15.1 Å². The Bertz CT molecular complexity index is 1320. The van der Waals surface area contributed by atoms with Gasteiger partial charge in [0, 0.05) is 18.5 Å². The largest absolute Gasteiger partial charge is 0.466 e. The lowest BCUT2D eigenvalue weighted by Crippen LogP contribution is -2.40. The Labute approximate surface area is 184 Å². The predicted octanol–water partition coefficient (Wildman–Crippen LogP) is 4.17. The Morgan fingerprint density at radius 3 is 2.88 bits per heavy atom. The zero-order valence-electron chi connectivity index (χ0n) is 18.1. The SMILES string of the molecule is CCOC(=O)C1CCCN(c2nc3ccc(C)cc3c3nnc(-c4ccccc4F)n23)C1. The maximum atomic E-state index is 14.7. The fourth-order valence-electron chi connectivity index (χ4n) is 4.37. The number of carbonyl (C=O) groups is 1. The first-order valence-corrected chi connectivity index (χ1v) is 10.9. The zero-order valence-corrected chi connectivity index (χ0v) is 18.1. The number of esters is 1. The van der Waals surface area contributed by atoms with E-state index in [4.69, 9.17) is 9.72 Å². The summed E-state index contributed by atoms with van der Waals surface area (Å²) in [5.74, 6) is 0.196. The number of halogens is 1. The zero-order chi connectivity index (χ0) is 22.2. The smallest absolute Gasteiger partial charge is 0.310 e. The van der Waals surface area contributed by atoms with Crippen molar-refractivity contribution < 1.29 is 13.9 Å². The number of hydrogen-bond donors (Lipinski definition) is 0. The molecule has 0 amide bonds. The second kappa shape index (κ2) is 8.18. The first-order valence-electron chi connectivity index (χ1n) is 10.9. The minimum atomic E-state index is -0.375. The minimum Gasteiger partial charge on any atom is -0.466 e. The van der Waals surface area contributed by atoms with Crippen LogP contribution in [0.4, 0.5) is 10.3 Å². The number of fused-ring (bicyclic) bond motifs is 3. The lowest BCUT2D eigenvalue weighted by Gasteiger charge is -2.32. The Kier molecular flexibility index (Phi) is 5.20. The van der Waals surface area contributed by atoms with Crippen molar-refractivity contribution >= 4 is 28.5 Å². The van der Waals surface area contributed by atoms with Crippen LogP contribution in [0.1, 0.15) is 25.3 Å². The highest BCUT2D eigenvalue weighted by Gasteiger charge is 2.30. The Balaban J connectivity index is 1.72. The van der Waals surface area contributed by atoms with Crippen LogP contribution in [0.2, 0.25) is 0 Å². The van der Waals surface area contributed by atoms with Gasteiger partial charge in [-0.2, -0.15) is 0 Å². The van der Waals surface area contributed by atoms with Gasteiger partial charge in [0.2, 0.25) is 5.95 Å². The normalized spacial score (nSPS) is 16.6. The molecule has 2 aromatic carbocycles. The van der Waals surface area contributed by atoms with Crippen molar-refractivity contribution in [2.24, 2.45) is 5.92 Å². The number of aromatic nitrogens is 4. The maximum Gasteiger partial charge on any atom is 0.310 e. The second-order valence-corrected chi connectivity index (χ2v) is 8.13. The Morgan fingerprint density at radius 1 is 1.22 bits per heavy atom. The van der Waals surface area contributed by atoms with Crippen LogP contribution in [0.25, 0.3) is 27.9 Å². The fourth-order valence-corrected chi connectivity index (χ4v) is 4.37. The summed E-state index contributed by atoms with van der Waals surface area (Å²) in [6.45, 7) is 5.38. The molecule has 1 atom stereocenters. The molecule has 0 N–H and O–H groups in total. The van der Waals surface area contributed by atoms with E-state index < -0.39 is 0 Å². The topological polar surface area (TPSA) is 72.6 Å². The van der Waals surface area contributed by atoms with Gasteiger partial charge in [0.05, 0.1) is 23.6 Å². The third-order valence-corrected chi connectivity index (χ3v) is 5.92. The molecular formula is C24H24FN5O2. The van der Waals surface area contributed by atoms with Crippen LogP contribution in [-0.2, 0) is 9.53 Å². The molecule has 0 aliphatic carbocycles. The van der Waals surface area contributed by atoms with Crippen LogP contribution in [0.3, 0.4) is 0 Å². The van der Waals surface area contributed by atoms with Crippen molar-refractivity contribution in [3.63, 3.8) is 0 Å². The molecular weight excluding hydrogens is 409 g/mol. The van der Waals surface area contributed by atoms with Gasteiger partial charge in [-0.05, 0) is 51.0 Å². The van der Waals surface area contributed by atoms with E-state index in [0.29, 0.717) is 36.1 Å². The van der Waals surface area contributed by atoms with Gasteiger partial charge in [-0.15, -0.1) is 10.2 Å². The quantitative estimate of drug-likeness (QED) is 0.450. The highest BCUT2D eigenvalue weighted by Crippen LogP contribution is 2.32. The number of piperidine rings is 1. The van der Waals surface area contributed by atoms with E-state index in [1.807, 2.05) is 36.4 Å². The summed E-state index contributed by atoms with van der Waals surface area (Å²) in [5.41, 5.74) is 2.83. The molecule has 1 aliphatic rings. The predicted molar refractivity (Wildman–Crippen MR) is 120 cm³/mol. The summed E-state index contributed by atoms with van der Waals surface area (Å²) in [5, 5.41) is 9.64. The number of benzene rings is 2. The molecule has 2 aromatic heterocycles. The molecule has 1 unspecified atom stereocenters. The summed E-state index contributed by atoms with van der Waals surface area (Å²) in [6.07, 6.45) is 1.60. The van der Waals surface area contributed by atoms with Crippen molar-refractivity contribution in [1.82, 2.24) is 19.6 Å². The third-order valence-electron chi connectivity index (χ3n) is 5.92. The van der Waals surface area contributed by atoms with Crippen LogP contribution in [-0.4, -0.2) is 45.2 Å². The molecule has 1 aliphatic heterocycles. The van der Waals surface area contributed by atoms with Crippen LogP contribution >= 0.6 is 0 Å². The molecule has 32 heavy (non-hydrogen) atoms. The van der Waals surface area contributed by atoms with Crippen molar-refractivity contribution in [2.75, 3.05) is 24.6 Å². The third kappa shape index (κ3) is 3.45. The molecule has 164 valence electrons. The number of nitrogens with zero attached hydrogens (tertiary/aromatic N) is 5. The molecule has 1 saturated heterocycles.